The summed E-state index contributed by atoms with van der Waals surface area (Å²) in [4.78, 5) is 12.0. The molecular formula is C11H15NO3. The predicted molar refractivity (Wildman–Crippen MR) is 55.0 cm³/mol. The Bertz CT molecular complexity index is 358. The number of carbonyl (C=O) groups excluding carboxylic acids is 1. The molecule has 0 spiro atoms. The third kappa shape index (κ3) is 1.96. The Morgan fingerprint density at radius 2 is 2.40 bits per heavy atom. The Morgan fingerprint density at radius 1 is 1.60 bits per heavy atom. The van der Waals surface area contributed by atoms with Crippen molar-refractivity contribution in [1.29, 1.82) is 0 Å². The topological polar surface area (TPSA) is 51.5 Å². The first-order valence-electron chi connectivity index (χ1n) is 5.05. The summed E-state index contributed by atoms with van der Waals surface area (Å²) in [5.74, 6) is 0.0980. The zero-order valence-corrected chi connectivity index (χ0v) is 8.95. The Balaban J connectivity index is 2.07. The number of nitrogens with one attached hydrogen (secondary N) is 1. The van der Waals surface area contributed by atoms with Gasteiger partial charge in [0.15, 0.2) is 5.78 Å². The average molecular weight is 209 g/mol. The van der Waals surface area contributed by atoms with E-state index in [1.807, 2.05) is 6.92 Å². The van der Waals surface area contributed by atoms with E-state index in [9.17, 15) is 4.79 Å². The number of methoxy groups -OCH3 is 1. The standard InChI is InChI=1S/C11H15NO3/c1-7-5-15-6-9(7)11(13)10-3-8(14-2)4-12-10/h5-6,8,10,12H,3-4H2,1-2H3. The van der Waals surface area contributed by atoms with Gasteiger partial charge in [-0.3, -0.25) is 4.79 Å². The van der Waals surface area contributed by atoms with Gasteiger partial charge in [0, 0.05) is 13.7 Å². The Labute approximate surface area is 88.6 Å². The molecule has 2 unspecified atom stereocenters. The minimum absolute atomic E-state index is 0.0980. The van der Waals surface area contributed by atoms with Crippen LogP contribution in [-0.2, 0) is 4.74 Å². The highest BCUT2D eigenvalue weighted by Gasteiger charge is 2.30. The van der Waals surface area contributed by atoms with Crippen molar-refractivity contribution in [3.8, 4) is 0 Å². The number of Topliss-reactive ketones (excluding diaryl/α,β-unsaturated/α-hetero) is 1. The smallest absolute Gasteiger partial charge is 0.183 e. The first-order valence-corrected chi connectivity index (χ1v) is 5.05. The van der Waals surface area contributed by atoms with Gasteiger partial charge in [-0.05, 0) is 18.9 Å². The molecule has 2 atom stereocenters. The molecule has 1 aliphatic rings. The van der Waals surface area contributed by atoms with Gasteiger partial charge in [-0.25, -0.2) is 0 Å². The summed E-state index contributed by atoms with van der Waals surface area (Å²) >= 11 is 0. The molecule has 0 amide bonds. The Morgan fingerprint density at radius 3 is 2.93 bits per heavy atom. The minimum atomic E-state index is -0.133. The molecule has 0 aliphatic carbocycles. The van der Waals surface area contributed by atoms with Crippen molar-refractivity contribution < 1.29 is 13.9 Å². The van der Waals surface area contributed by atoms with Crippen LogP contribution in [0.4, 0.5) is 0 Å². The van der Waals surface area contributed by atoms with Crippen molar-refractivity contribution in [2.45, 2.75) is 25.5 Å². The fourth-order valence-corrected chi connectivity index (χ4v) is 1.88. The molecule has 4 heteroatoms. The summed E-state index contributed by atoms with van der Waals surface area (Å²) in [5, 5.41) is 3.16. The summed E-state index contributed by atoms with van der Waals surface area (Å²) in [7, 11) is 1.67. The molecule has 15 heavy (non-hydrogen) atoms. The second-order valence-corrected chi connectivity index (χ2v) is 3.89. The van der Waals surface area contributed by atoms with Gasteiger partial charge >= 0.3 is 0 Å². The molecule has 0 saturated carbocycles. The van der Waals surface area contributed by atoms with Crippen LogP contribution >= 0.6 is 0 Å². The van der Waals surface area contributed by atoms with E-state index in [1.165, 1.54) is 6.26 Å². The second-order valence-electron chi connectivity index (χ2n) is 3.89. The van der Waals surface area contributed by atoms with Crippen LogP contribution in [0.1, 0.15) is 22.3 Å². The zero-order valence-electron chi connectivity index (χ0n) is 8.95. The van der Waals surface area contributed by atoms with Gasteiger partial charge < -0.3 is 14.5 Å². The van der Waals surface area contributed by atoms with Crippen molar-refractivity contribution >= 4 is 5.78 Å². The van der Waals surface area contributed by atoms with Crippen LogP contribution in [0.3, 0.4) is 0 Å². The van der Waals surface area contributed by atoms with Crippen molar-refractivity contribution in [3.05, 3.63) is 23.7 Å². The van der Waals surface area contributed by atoms with Crippen molar-refractivity contribution in [2.24, 2.45) is 0 Å². The molecule has 4 nitrogen and oxygen atoms in total. The average Bonchev–Trinajstić information content (AvgIpc) is 2.84. The first-order chi connectivity index (χ1) is 7.22. The highest BCUT2D eigenvalue weighted by atomic mass is 16.5. The second kappa shape index (κ2) is 4.16. The molecule has 82 valence electrons. The van der Waals surface area contributed by atoms with Crippen LogP contribution in [0.2, 0.25) is 0 Å². The predicted octanol–water partition coefficient (Wildman–Crippen LogP) is 1.15. The lowest BCUT2D eigenvalue weighted by Gasteiger charge is -2.08. The van der Waals surface area contributed by atoms with E-state index in [1.54, 1.807) is 13.4 Å². The molecule has 1 saturated heterocycles. The van der Waals surface area contributed by atoms with Gasteiger partial charge in [-0.15, -0.1) is 0 Å². The number of rotatable bonds is 3. The molecule has 1 aromatic heterocycles. The molecule has 2 rings (SSSR count). The fourth-order valence-electron chi connectivity index (χ4n) is 1.88. The van der Waals surface area contributed by atoms with Crippen molar-refractivity contribution in [2.75, 3.05) is 13.7 Å². The summed E-state index contributed by atoms with van der Waals surface area (Å²) in [6.45, 7) is 2.61. The fraction of sp³-hybridized carbons (Fsp3) is 0.545. The molecule has 1 aromatic rings. The number of aryl methyl sites for hydroxylation is 1. The van der Waals surface area contributed by atoms with Crippen LogP contribution in [0.5, 0.6) is 0 Å². The summed E-state index contributed by atoms with van der Waals surface area (Å²) < 4.78 is 10.2. The molecule has 1 N–H and O–H groups in total. The van der Waals surface area contributed by atoms with Gasteiger partial charge in [0.25, 0.3) is 0 Å². The van der Waals surface area contributed by atoms with E-state index >= 15 is 0 Å². The van der Waals surface area contributed by atoms with Crippen LogP contribution in [0, 0.1) is 6.92 Å². The number of ether oxygens (including phenoxy) is 1. The van der Waals surface area contributed by atoms with Gasteiger partial charge in [-0.1, -0.05) is 0 Å². The van der Waals surface area contributed by atoms with Crippen LogP contribution < -0.4 is 5.32 Å². The number of ketones is 1. The van der Waals surface area contributed by atoms with E-state index in [2.05, 4.69) is 5.32 Å². The molecule has 2 heterocycles. The van der Waals surface area contributed by atoms with Crippen LogP contribution in [0.15, 0.2) is 16.9 Å². The van der Waals surface area contributed by atoms with E-state index in [4.69, 9.17) is 9.15 Å². The monoisotopic (exact) mass is 209 g/mol. The maximum atomic E-state index is 12.0. The van der Waals surface area contributed by atoms with Crippen LogP contribution in [-0.4, -0.2) is 31.6 Å². The Kier molecular flexibility index (Phi) is 2.88. The lowest BCUT2D eigenvalue weighted by molar-refractivity contribution is 0.0917. The summed E-state index contributed by atoms with van der Waals surface area (Å²) in [6, 6.07) is -0.133. The van der Waals surface area contributed by atoms with Gasteiger partial charge in [0.05, 0.1) is 24.0 Å². The molecule has 0 aromatic carbocycles. The highest BCUT2D eigenvalue weighted by molar-refractivity contribution is 6.01. The molecule has 0 radical (unpaired) electrons. The van der Waals surface area contributed by atoms with E-state index in [-0.39, 0.29) is 17.9 Å². The third-order valence-electron chi connectivity index (χ3n) is 2.86. The number of carbonyl (C=O) groups is 1. The van der Waals surface area contributed by atoms with Crippen molar-refractivity contribution in [1.82, 2.24) is 5.32 Å². The normalized spacial score (nSPS) is 25.7. The minimum Gasteiger partial charge on any atom is -0.472 e. The summed E-state index contributed by atoms with van der Waals surface area (Å²) in [5.41, 5.74) is 1.56. The van der Waals surface area contributed by atoms with Crippen LogP contribution in [0.25, 0.3) is 0 Å². The van der Waals surface area contributed by atoms with E-state index < -0.39 is 0 Å². The summed E-state index contributed by atoms with van der Waals surface area (Å²) in [6.07, 6.45) is 3.99. The molecule has 1 fully saturated rings. The largest absolute Gasteiger partial charge is 0.472 e. The van der Waals surface area contributed by atoms with E-state index in [0.29, 0.717) is 5.56 Å². The zero-order chi connectivity index (χ0) is 10.8. The van der Waals surface area contributed by atoms with Crippen molar-refractivity contribution in [3.63, 3.8) is 0 Å². The molecule has 1 aliphatic heterocycles. The first kappa shape index (κ1) is 10.4. The lowest BCUT2D eigenvalue weighted by atomic mass is 10.0. The maximum absolute atomic E-state index is 12.0. The highest BCUT2D eigenvalue weighted by Crippen LogP contribution is 2.17. The van der Waals surface area contributed by atoms with E-state index in [0.717, 1.165) is 18.5 Å². The number of hydrogen-bond donors (Lipinski definition) is 1. The molecule has 0 bridgehead atoms. The SMILES string of the molecule is COC1CNC(C(=O)c2cocc2C)C1. The van der Waals surface area contributed by atoms with Gasteiger partial charge in [-0.2, -0.15) is 0 Å². The maximum Gasteiger partial charge on any atom is 0.183 e. The Hall–Kier alpha value is -1.13. The number of hydrogen-bond acceptors (Lipinski definition) is 4. The quantitative estimate of drug-likeness (QED) is 0.759. The lowest BCUT2D eigenvalue weighted by Crippen LogP contribution is -2.30. The molecular weight excluding hydrogens is 194 g/mol. The number of furan rings is 1. The third-order valence-corrected chi connectivity index (χ3v) is 2.86. The van der Waals surface area contributed by atoms with Gasteiger partial charge in [0.2, 0.25) is 0 Å². The van der Waals surface area contributed by atoms with Gasteiger partial charge in [0.1, 0.15) is 6.26 Å².